The van der Waals surface area contributed by atoms with Crippen LogP contribution in [0, 0.1) is 35.5 Å². The van der Waals surface area contributed by atoms with E-state index in [0.29, 0.717) is 18.8 Å². The largest absolute Gasteiger partial charge is 0.691 e. The second kappa shape index (κ2) is 31.5. The standard InChI is InChI=1S/2C18H15S.C12H12F2O9S.C10H11ClO4.C2H2F2O5S/c2*1-4-10-16(11-5-1)19(17-12-6-2-7-13-17)18-14-8-3-9-15-18;13-12(14,24-23-22-18)11(17)19-3-7(15)20-8-4-1-5-6(2-4)10(16)21-9(5)8;11-3-7(12)14-8-4-1-5-6(2-4)10(13)15-9(5)8;3-2(4,1(5)6)10-9-8-7/h2*1-15H;4-6,8-9,18H,1-3H2;4-6,8-9H,1-3H2;7H,(H,5,6)/q2*+1;;;/p-2. The number of rotatable bonds is 19. The fourth-order valence-corrected chi connectivity index (χ4v) is 15.7. The van der Waals surface area contributed by atoms with Crippen LogP contribution in [-0.4, -0.2) is 88.3 Å². The minimum absolute atomic E-state index is 0.00724. The molecule has 6 aliphatic rings. The first-order chi connectivity index (χ1) is 41.9. The average Bonchev–Trinajstić information content (AvgIpc) is 1.65. The lowest BCUT2D eigenvalue weighted by molar-refractivity contribution is -0.777. The van der Waals surface area contributed by atoms with Gasteiger partial charge in [-0.15, -0.1) is 11.6 Å². The highest BCUT2D eigenvalue weighted by atomic mass is 35.5. The van der Waals surface area contributed by atoms with Crippen LogP contribution in [0.2, 0.25) is 0 Å². The number of hydrogen-bond donors (Lipinski definition) is 1. The Kier molecular flexibility index (Phi) is 24.0. The summed E-state index contributed by atoms with van der Waals surface area (Å²) in [4.78, 5) is 74.6. The molecule has 460 valence electrons. The molecule has 27 heteroatoms. The fourth-order valence-electron chi connectivity index (χ4n) is 11.0. The molecule has 2 heterocycles. The van der Waals surface area contributed by atoms with Gasteiger partial charge < -0.3 is 39.3 Å². The van der Waals surface area contributed by atoms with Crippen molar-refractivity contribution in [1.29, 1.82) is 0 Å². The highest BCUT2D eigenvalue weighted by Gasteiger charge is 2.64. The number of hydrogen-bond acceptors (Lipinski definition) is 19. The maximum Gasteiger partial charge on any atom is 0.415 e. The molecule has 18 nitrogen and oxygen atoms in total. The zero-order valence-electron chi connectivity index (χ0n) is 45.2. The van der Waals surface area contributed by atoms with Crippen molar-refractivity contribution in [1.82, 2.24) is 0 Å². The normalized spacial score (nSPS) is 23.0. The van der Waals surface area contributed by atoms with Gasteiger partial charge in [0, 0.05) is 23.7 Å². The number of carbonyl (C=O) groups is 6. The quantitative estimate of drug-likeness (QED) is 0.0116. The lowest BCUT2D eigenvalue weighted by atomic mass is 9.88. The summed E-state index contributed by atoms with van der Waals surface area (Å²) in [6.45, 7) is -1.05. The van der Waals surface area contributed by atoms with Gasteiger partial charge in [0.15, 0.2) is 36.0 Å². The van der Waals surface area contributed by atoms with Crippen LogP contribution in [-0.2, 0) is 93.0 Å². The van der Waals surface area contributed by atoms with E-state index in [0.717, 1.165) is 12.8 Å². The highest BCUT2D eigenvalue weighted by molar-refractivity contribution is 7.97. The summed E-state index contributed by atoms with van der Waals surface area (Å²) in [5.74, 6) is -6.09. The molecule has 0 radical (unpaired) electrons. The van der Waals surface area contributed by atoms with Gasteiger partial charge in [-0.25, -0.2) is 14.4 Å². The zero-order valence-corrected chi connectivity index (χ0v) is 49.3. The van der Waals surface area contributed by atoms with Crippen LogP contribution in [0.15, 0.2) is 211 Å². The molecular weight excluding hydrogens is 1250 g/mol. The molecule has 0 spiro atoms. The minimum Gasteiger partial charge on any atom is -0.691 e. The highest BCUT2D eigenvalue weighted by Crippen LogP contribution is 2.56. The predicted octanol–water partition coefficient (Wildman–Crippen LogP) is 9.31. The van der Waals surface area contributed by atoms with Gasteiger partial charge in [-0.3, -0.25) is 24.5 Å². The number of carboxylic acid groups (broad SMARTS) is 1. The lowest BCUT2D eigenvalue weighted by Crippen LogP contribution is -2.37. The molecule has 2 saturated heterocycles. The van der Waals surface area contributed by atoms with Gasteiger partial charge in [0.05, 0.1) is 33.6 Å². The molecule has 10 atom stereocenters. The summed E-state index contributed by atoms with van der Waals surface area (Å²) in [5, 5.41) is 22.9. The van der Waals surface area contributed by atoms with Gasteiger partial charge in [0.1, 0.15) is 54.4 Å². The van der Waals surface area contributed by atoms with Crippen LogP contribution in [0.4, 0.5) is 17.6 Å². The Hall–Kier alpha value is -6.69. The molecule has 1 N–H and O–H groups in total. The van der Waals surface area contributed by atoms with Crippen molar-refractivity contribution in [3.8, 4) is 0 Å². The first-order valence-corrected chi connectivity index (χ1v) is 31.0. The molecule has 0 amide bonds. The van der Waals surface area contributed by atoms with E-state index in [1.807, 2.05) is 0 Å². The van der Waals surface area contributed by atoms with Crippen LogP contribution >= 0.6 is 35.7 Å². The third kappa shape index (κ3) is 17.1. The van der Waals surface area contributed by atoms with E-state index in [1.54, 1.807) is 0 Å². The third-order valence-electron chi connectivity index (χ3n) is 14.5. The van der Waals surface area contributed by atoms with Crippen molar-refractivity contribution in [2.45, 2.75) is 90.0 Å². The molecule has 2 aliphatic heterocycles. The Morgan fingerprint density at radius 2 is 0.828 bits per heavy atom. The molecule has 0 aromatic heterocycles. The third-order valence-corrected chi connectivity index (χ3v) is 20.2. The van der Waals surface area contributed by atoms with Crippen molar-refractivity contribution in [3.05, 3.63) is 182 Å². The molecule has 6 fully saturated rings. The molecule has 4 aliphatic carbocycles. The number of alkyl halides is 5. The van der Waals surface area contributed by atoms with Crippen molar-refractivity contribution in [3.63, 3.8) is 0 Å². The lowest BCUT2D eigenvalue weighted by Gasteiger charge is -2.25. The van der Waals surface area contributed by atoms with Gasteiger partial charge in [-0.1, -0.05) is 109 Å². The summed E-state index contributed by atoms with van der Waals surface area (Å²) >= 11 is 3.64. The first kappa shape index (κ1) is 66.3. The summed E-state index contributed by atoms with van der Waals surface area (Å²) in [6, 6.07) is 64.3. The Bertz CT molecular complexity index is 2910. The maximum atomic E-state index is 13.1. The second-order valence-electron chi connectivity index (χ2n) is 19.7. The number of carboxylic acids is 1. The molecule has 10 unspecified atom stereocenters. The van der Waals surface area contributed by atoms with Gasteiger partial charge in [0.2, 0.25) is 0 Å². The second-order valence-corrected chi connectivity index (χ2v) is 25.6. The molecular formula is C60H53ClF4O18S4. The number of esters is 5. The van der Waals surface area contributed by atoms with Crippen LogP contribution in [0.3, 0.4) is 0 Å². The molecule has 12 rings (SSSR count). The van der Waals surface area contributed by atoms with E-state index in [1.165, 1.54) is 29.4 Å². The summed E-state index contributed by atoms with van der Waals surface area (Å²) in [7, 11) is -0.0293. The van der Waals surface area contributed by atoms with E-state index >= 15 is 0 Å². The Morgan fingerprint density at radius 1 is 0.517 bits per heavy atom. The smallest absolute Gasteiger partial charge is 0.415 e. The van der Waals surface area contributed by atoms with Crippen molar-refractivity contribution in [2.24, 2.45) is 35.5 Å². The number of benzene rings is 6. The monoisotopic (exact) mass is 1300 g/mol. The van der Waals surface area contributed by atoms with Crippen LogP contribution < -0.4 is 10.5 Å². The van der Waals surface area contributed by atoms with Crippen molar-refractivity contribution in [2.75, 3.05) is 12.5 Å². The molecule has 4 saturated carbocycles. The molecule has 4 bridgehead atoms. The predicted molar refractivity (Wildman–Crippen MR) is 301 cm³/mol. The molecule has 87 heavy (non-hydrogen) atoms. The number of halogens is 5. The van der Waals surface area contributed by atoms with Gasteiger partial charge >= 0.3 is 46.3 Å². The van der Waals surface area contributed by atoms with Crippen LogP contribution in [0.5, 0.6) is 0 Å². The van der Waals surface area contributed by atoms with E-state index in [2.05, 4.69) is 205 Å². The van der Waals surface area contributed by atoms with E-state index in [9.17, 15) is 51.6 Å². The van der Waals surface area contributed by atoms with Gasteiger partial charge in [-0.05, 0) is 98.5 Å². The Morgan fingerprint density at radius 3 is 1.13 bits per heavy atom. The summed E-state index contributed by atoms with van der Waals surface area (Å²) < 4.78 is 81.0. The van der Waals surface area contributed by atoms with E-state index in [-0.39, 0.29) is 81.4 Å². The number of fused-ring (bicyclic) bond motifs is 2. The Balaban J connectivity index is 0.000000144. The number of ether oxygens (including phenoxy) is 5. The summed E-state index contributed by atoms with van der Waals surface area (Å²) in [5.41, 5.74) is 0. The number of carbonyl (C=O) groups excluding carboxylic acids is 5. The molecule has 6 aromatic carbocycles. The Labute approximate surface area is 514 Å². The average molecular weight is 1300 g/mol. The van der Waals surface area contributed by atoms with Gasteiger partial charge in [0.25, 0.3) is 0 Å². The first-order valence-electron chi connectivity index (χ1n) is 26.5. The van der Waals surface area contributed by atoms with E-state index in [4.69, 9.17) is 40.9 Å². The zero-order chi connectivity index (χ0) is 62.1. The molecule has 6 aromatic rings. The van der Waals surface area contributed by atoms with Gasteiger partial charge in [-0.2, -0.15) is 26.2 Å². The van der Waals surface area contributed by atoms with Crippen LogP contribution in [0.1, 0.15) is 25.7 Å². The maximum absolute atomic E-state index is 13.1. The van der Waals surface area contributed by atoms with E-state index < -0.39 is 77.3 Å². The van der Waals surface area contributed by atoms with Crippen molar-refractivity contribution >= 4 is 93.3 Å². The van der Waals surface area contributed by atoms with Crippen molar-refractivity contribution < 1.29 is 104 Å². The minimum atomic E-state index is -4.23. The summed E-state index contributed by atoms with van der Waals surface area (Å²) in [6.07, 6.45) is 1.37. The fraction of sp³-hybridized carbons (Fsp3) is 0.300. The van der Waals surface area contributed by atoms with Crippen LogP contribution in [0.25, 0.3) is 0 Å². The topological polar surface area (TPSA) is 252 Å². The number of aliphatic carboxylic acids is 1. The SMILES string of the molecule is O=C(CCl)OC1C2CC3C(=O)OC1C3C2.O=C(COC(=O)C(F)(F)SOO[O-])OC1C2CC3C(=O)OC1C3C2.O=C(O)C(F)(F)SOO[O-].c1ccc([S+](c2ccccc2)c2ccccc2)cc1.c1ccc([S+](c2ccccc2)c2ccccc2)cc1.